The van der Waals surface area contributed by atoms with Crippen LogP contribution in [0.5, 0.6) is 0 Å². The van der Waals surface area contributed by atoms with Crippen molar-refractivity contribution in [2.75, 3.05) is 0 Å². The van der Waals surface area contributed by atoms with Crippen LogP contribution in [-0.4, -0.2) is 15.0 Å². The van der Waals surface area contributed by atoms with E-state index in [9.17, 15) is 0 Å². The molecule has 0 atom stereocenters. The van der Waals surface area contributed by atoms with Crippen molar-refractivity contribution in [2.24, 2.45) is 0 Å². The minimum atomic E-state index is 0.750. The SMILES string of the molecule is Cc1cccc(C)c1-c1cccc(-c2ccnc3nc[nH]c23)c1. The predicted octanol–water partition coefficient (Wildman–Crippen LogP) is 4.91. The largest absolute Gasteiger partial charge is 0.343 e. The van der Waals surface area contributed by atoms with Gasteiger partial charge in [-0.05, 0) is 53.8 Å². The summed E-state index contributed by atoms with van der Waals surface area (Å²) in [6.45, 7) is 4.32. The summed E-state index contributed by atoms with van der Waals surface area (Å²) in [7, 11) is 0. The van der Waals surface area contributed by atoms with Gasteiger partial charge in [-0.15, -0.1) is 0 Å². The second-order valence-corrected chi connectivity index (χ2v) is 5.81. The van der Waals surface area contributed by atoms with E-state index in [1.807, 2.05) is 12.3 Å². The molecule has 0 spiro atoms. The third-order valence-electron chi connectivity index (χ3n) is 4.27. The summed E-state index contributed by atoms with van der Waals surface area (Å²) in [5.74, 6) is 0. The van der Waals surface area contributed by atoms with Gasteiger partial charge < -0.3 is 4.98 Å². The van der Waals surface area contributed by atoms with Gasteiger partial charge in [-0.25, -0.2) is 9.97 Å². The molecule has 4 aromatic rings. The molecule has 0 radical (unpaired) electrons. The highest BCUT2D eigenvalue weighted by atomic mass is 14.9. The van der Waals surface area contributed by atoms with E-state index in [0.29, 0.717) is 0 Å². The number of nitrogens with zero attached hydrogens (tertiary/aromatic N) is 2. The standard InChI is InChI=1S/C20H17N3/c1-13-5-3-6-14(2)18(13)16-8-4-7-15(11-16)17-9-10-21-20-19(17)22-12-23-20/h3-12H,1-2H3,(H,21,22,23). The zero-order valence-corrected chi connectivity index (χ0v) is 13.2. The molecule has 0 unspecified atom stereocenters. The molecule has 23 heavy (non-hydrogen) atoms. The molecule has 0 bridgehead atoms. The van der Waals surface area contributed by atoms with Gasteiger partial charge in [0.25, 0.3) is 0 Å². The molecular weight excluding hydrogens is 282 g/mol. The molecule has 1 N–H and O–H groups in total. The number of pyridine rings is 1. The average molecular weight is 299 g/mol. The molecule has 3 nitrogen and oxygen atoms in total. The van der Waals surface area contributed by atoms with E-state index in [0.717, 1.165) is 16.7 Å². The molecule has 0 fully saturated rings. The fourth-order valence-corrected chi connectivity index (χ4v) is 3.20. The summed E-state index contributed by atoms with van der Waals surface area (Å²) in [6, 6.07) is 17.1. The normalized spacial score (nSPS) is 11.0. The van der Waals surface area contributed by atoms with Crippen LogP contribution in [-0.2, 0) is 0 Å². The number of hydrogen-bond donors (Lipinski definition) is 1. The minimum absolute atomic E-state index is 0.750. The van der Waals surface area contributed by atoms with E-state index in [1.165, 1.54) is 27.8 Å². The van der Waals surface area contributed by atoms with Crippen LogP contribution in [0.4, 0.5) is 0 Å². The van der Waals surface area contributed by atoms with Gasteiger partial charge in [0.05, 0.1) is 11.8 Å². The van der Waals surface area contributed by atoms with Crippen molar-refractivity contribution >= 4 is 11.2 Å². The highest BCUT2D eigenvalue weighted by Gasteiger charge is 2.10. The Hall–Kier alpha value is -2.94. The lowest BCUT2D eigenvalue weighted by Gasteiger charge is -2.12. The van der Waals surface area contributed by atoms with Gasteiger partial charge in [-0.3, -0.25) is 0 Å². The summed E-state index contributed by atoms with van der Waals surface area (Å²) in [5.41, 5.74) is 9.16. The number of aryl methyl sites for hydroxylation is 2. The number of aromatic amines is 1. The maximum atomic E-state index is 4.29. The summed E-state index contributed by atoms with van der Waals surface area (Å²) >= 11 is 0. The zero-order chi connectivity index (χ0) is 15.8. The number of H-pyrrole nitrogens is 1. The van der Waals surface area contributed by atoms with Crippen LogP contribution in [0.2, 0.25) is 0 Å². The molecule has 3 heteroatoms. The molecule has 2 heterocycles. The molecular formula is C20H17N3. The van der Waals surface area contributed by atoms with E-state index in [1.54, 1.807) is 6.33 Å². The number of fused-ring (bicyclic) bond motifs is 1. The molecule has 0 aliphatic heterocycles. The number of benzene rings is 2. The second kappa shape index (κ2) is 5.36. The van der Waals surface area contributed by atoms with E-state index in [2.05, 4.69) is 71.3 Å². The van der Waals surface area contributed by atoms with Crippen molar-refractivity contribution < 1.29 is 0 Å². The molecule has 112 valence electrons. The molecule has 0 amide bonds. The van der Waals surface area contributed by atoms with Crippen molar-refractivity contribution in [3.63, 3.8) is 0 Å². The Labute approximate surface area is 135 Å². The van der Waals surface area contributed by atoms with Gasteiger partial charge in [-0.2, -0.15) is 0 Å². The van der Waals surface area contributed by atoms with E-state index in [-0.39, 0.29) is 0 Å². The Morgan fingerprint density at radius 2 is 1.57 bits per heavy atom. The average Bonchev–Trinajstić information content (AvgIpc) is 3.03. The number of hydrogen-bond acceptors (Lipinski definition) is 2. The van der Waals surface area contributed by atoms with Crippen LogP contribution in [0.15, 0.2) is 61.1 Å². The predicted molar refractivity (Wildman–Crippen MR) is 94.2 cm³/mol. The molecule has 2 aromatic heterocycles. The van der Waals surface area contributed by atoms with Crippen molar-refractivity contribution in [1.82, 2.24) is 15.0 Å². The number of rotatable bonds is 2. The van der Waals surface area contributed by atoms with E-state index >= 15 is 0 Å². The smallest absolute Gasteiger partial charge is 0.178 e. The third-order valence-corrected chi connectivity index (χ3v) is 4.27. The van der Waals surface area contributed by atoms with Gasteiger partial charge in [0.15, 0.2) is 5.65 Å². The summed E-state index contributed by atoms with van der Waals surface area (Å²) in [4.78, 5) is 11.7. The molecule has 0 aliphatic carbocycles. The lowest BCUT2D eigenvalue weighted by molar-refractivity contribution is 1.30. The van der Waals surface area contributed by atoms with Crippen LogP contribution >= 0.6 is 0 Å². The lowest BCUT2D eigenvalue weighted by atomic mass is 9.93. The highest BCUT2D eigenvalue weighted by Crippen LogP contribution is 2.32. The molecule has 0 saturated carbocycles. The molecule has 0 aliphatic rings. The summed E-state index contributed by atoms with van der Waals surface area (Å²) in [5, 5.41) is 0. The van der Waals surface area contributed by atoms with Crippen LogP contribution in [0.1, 0.15) is 11.1 Å². The Morgan fingerprint density at radius 1 is 0.826 bits per heavy atom. The summed E-state index contributed by atoms with van der Waals surface area (Å²) in [6.07, 6.45) is 3.50. The number of nitrogens with one attached hydrogen (secondary N) is 1. The highest BCUT2D eigenvalue weighted by molar-refractivity contribution is 5.90. The van der Waals surface area contributed by atoms with Crippen molar-refractivity contribution in [1.29, 1.82) is 0 Å². The number of imidazole rings is 1. The first-order valence-corrected chi connectivity index (χ1v) is 7.69. The van der Waals surface area contributed by atoms with Crippen LogP contribution in [0, 0.1) is 13.8 Å². The van der Waals surface area contributed by atoms with Crippen LogP contribution < -0.4 is 0 Å². The lowest BCUT2D eigenvalue weighted by Crippen LogP contribution is -1.89. The molecule has 4 rings (SSSR count). The first-order valence-electron chi connectivity index (χ1n) is 7.69. The van der Waals surface area contributed by atoms with E-state index < -0.39 is 0 Å². The monoisotopic (exact) mass is 299 g/mol. The Kier molecular flexibility index (Phi) is 3.19. The minimum Gasteiger partial charge on any atom is -0.343 e. The fourth-order valence-electron chi connectivity index (χ4n) is 3.20. The Bertz CT molecular complexity index is 978. The van der Waals surface area contributed by atoms with Crippen molar-refractivity contribution in [2.45, 2.75) is 13.8 Å². The van der Waals surface area contributed by atoms with Crippen LogP contribution in [0.25, 0.3) is 33.4 Å². The number of aromatic nitrogens is 3. The zero-order valence-electron chi connectivity index (χ0n) is 13.2. The van der Waals surface area contributed by atoms with Crippen LogP contribution in [0.3, 0.4) is 0 Å². The first kappa shape index (κ1) is 13.7. The Balaban J connectivity index is 1.92. The summed E-state index contributed by atoms with van der Waals surface area (Å²) < 4.78 is 0. The maximum Gasteiger partial charge on any atom is 0.178 e. The van der Waals surface area contributed by atoms with Gasteiger partial charge in [0.1, 0.15) is 0 Å². The quantitative estimate of drug-likeness (QED) is 0.571. The van der Waals surface area contributed by atoms with E-state index in [4.69, 9.17) is 0 Å². The Morgan fingerprint density at radius 3 is 2.39 bits per heavy atom. The van der Waals surface area contributed by atoms with Gasteiger partial charge in [0, 0.05) is 11.8 Å². The first-order chi connectivity index (χ1) is 11.2. The third kappa shape index (κ3) is 2.30. The second-order valence-electron chi connectivity index (χ2n) is 5.81. The van der Waals surface area contributed by atoms with Crippen molar-refractivity contribution in [3.8, 4) is 22.3 Å². The van der Waals surface area contributed by atoms with Gasteiger partial charge in [0.2, 0.25) is 0 Å². The van der Waals surface area contributed by atoms with Crippen molar-refractivity contribution in [3.05, 3.63) is 72.2 Å². The maximum absolute atomic E-state index is 4.29. The molecule has 0 saturated heterocycles. The topological polar surface area (TPSA) is 41.6 Å². The van der Waals surface area contributed by atoms with Gasteiger partial charge in [-0.1, -0.05) is 36.4 Å². The molecule has 2 aromatic carbocycles. The fraction of sp³-hybridized carbons (Fsp3) is 0.100. The van der Waals surface area contributed by atoms with Gasteiger partial charge >= 0.3 is 0 Å².